The number of amides is 1. The summed E-state index contributed by atoms with van der Waals surface area (Å²) < 4.78 is 0. The van der Waals surface area contributed by atoms with Crippen LogP contribution < -0.4 is 5.32 Å². The van der Waals surface area contributed by atoms with E-state index in [4.69, 9.17) is 11.6 Å². The Morgan fingerprint density at radius 2 is 1.92 bits per heavy atom. The molecule has 1 aromatic rings. The summed E-state index contributed by atoms with van der Waals surface area (Å²) in [6.45, 7) is 5.36. The molecule has 1 heterocycles. The molecule has 0 aromatic heterocycles. The van der Waals surface area contributed by atoms with Gasteiger partial charge in [0.25, 0.3) is 0 Å². The summed E-state index contributed by atoms with van der Waals surface area (Å²) >= 11 is 5.99. The number of aliphatic imine (C=N–C) groups is 1. The smallest absolute Gasteiger partial charge is 0.227 e. The number of carbonyl (C=O) groups is 1. The number of hydrogen-bond acceptors (Lipinski definition) is 2. The van der Waals surface area contributed by atoms with Crippen LogP contribution in [0.3, 0.4) is 0 Å². The second kappa shape index (κ2) is 9.07. The zero-order chi connectivity index (χ0) is 17.1. The van der Waals surface area contributed by atoms with Crippen molar-refractivity contribution in [1.82, 2.24) is 15.1 Å². The summed E-state index contributed by atoms with van der Waals surface area (Å²) in [4.78, 5) is 21.0. The molecular weight excluding hydrogens is 451 g/mol. The molecule has 1 aromatic carbocycles. The van der Waals surface area contributed by atoms with Crippen LogP contribution >= 0.6 is 35.6 Å². The first-order chi connectivity index (χ1) is 11.6. The van der Waals surface area contributed by atoms with Crippen molar-refractivity contribution in [2.24, 2.45) is 10.9 Å². The molecule has 0 radical (unpaired) electrons. The van der Waals surface area contributed by atoms with E-state index in [1.807, 2.05) is 36.2 Å². The Morgan fingerprint density at radius 1 is 1.28 bits per heavy atom. The van der Waals surface area contributed by atoms with Crippen molar-refractivity contribution in [3.63, 3.8) is 0 Å². The standard InChI is InChI=1S/C18H25ClN4O.HI/c1-13-10-16(13)21-18(20-2)23-8-6-22(7-9-23)17(24)12-14-4-3-5-15(19)11-14;/h3-5,11,13,16H,6-10,12H2,1-2H3,(H,20,21);1H. The summed E-state index contributed by atoms with van der Waals surface area (Å²) in [5, 5.41) is 4.18. The second-order valence-corrected chi connectivity index (χ2v) is 7.12. The van der Waals surface area contributed by atoms with Crippen molar-refractivity contribution < 1.29 is 4.79 Å². The van der Waals surface area contributed by atoms with Gasteiger partial charge < -0.3 is 15.1 Å². The predicted molar refractivity (Wildman–Crippen MR) is 113 cm³/mol. The lowest BCUT2D eigenvalue weighted by molar-refractivity contribution is -0.131. The maximum Gasteiger partial charge on any atom is 0.227 e. The van der Waals surface area contributed by atoms with Gasteiger partial charge in [-0.25, -0.2) is 0 Å². The quantitative estimate of drug-likeness (QED) is 0.414. The van der Waals surface area contributed by atoms with Gasteiger partial charge in [-0.2, -0.15) is 0 Å². The molecule has 1 N–H and O–H groups in total. The molecule has 2 aliphatic rings. The molecule has 1 saturated heterocycles. The SMILES string of the molecule is CN=C(NC1CC1C)N1CCN(C(=O)Cc2cccc(Cl)c2)CC1.I. The van der Waals surface area contributed by atoms with Crippen LogP contribution in [0.5, 0.6) is 0 Å². The van der Waals surface area contributed by atoms with E-state index in [2.05, 4.69) is 22.1 Å². The molecule has 7 heteroatoms. The van der Waals surface area contributed by atoms with Crippen LogP contribution in [-0.4, -0.2) is 60.9 Å². The number of rotatable bonds is 3. The maximum atomic E-state index is 12.5. The molecule has 0 spiro atoms. The van der Waals surface area contributed by atoms with Crippen LogP contribution in [0.25, 0.3) is 0 Å². The summed E-state index contributed by atoms with van der Waals surface area (Å²) in [7, 11) is 1.83. The molecule has 1 aliphatic carbocycles. The van der Waals surface area contributed by atoms with Crippen molar-refractivity contribution in [1.29, 1.82) is 0 Å². The number of benzene rings is 1. The molecule has 5 nitrogen and oxygen atoms in total. The zero-order valence-electron chi connectivity index (χ0n) is 14.7. The molecule has 1 aliphatic heterocycles. The average Bonchev–Trinajstić information content (AvgIpc) is 3.28. The van der Waals surface area contributed by atoms with E-state index >= 15 is 0 Å². The fraction of sp³-hybridized carbons (Fsp3) is 0.556. The highest BCUT2D eigenvalue weighted by atomic mass is 127. The van der Waals surface area contributed by atoms with Crippen LogP contribution in [0.2, 0.25) is 5.02 Å². The minimum atomic E-state index is 0. The van der Waals surface area contributed by atoms with Gasteiger partial charge >= 0.3 is 0 Å². The molecule has 138 valence electrons. The van der Waals surface area contributed by atoms with Crippen molar-refractivity contribution in [2.75, 3.05) is 33.2 Å². The minimum Gasteiger partial charge on any atom is -0.353 e. The Kier molecular flexibility index (Phi) is 7.37. The first-order valence-electron chi connectivity index (χ1n) is 8.57. The Balaban J connectivity index is 0.00000225. The van der Waals surface area contributed by atoms with Crippen molar-refractivity contribution in [2.45, 2.75) is 25.8 Å². The van der Waals surface area contributed by atoms with E-state index < -0.39 is 0 Å². The normalized spacial score (nSPS) is 23.1. The third-order valence-electron chi connectivity index (χ3n) is 4.81. The predicted octanol–water partition coefficient (Wildman–Crippen LogP) is 2.63. The number of guanidine groups is 1. The number of piperazine rings is 1. The number of halogens is 2. The summed E-state index contributed by atoms with van der Waals surface area (Å²) in [6, 6.07) is 8.08. The van der Waals surface area contributed by atoms with Gasteiger partial charge in [0.15, 0.2) is 5.96 Å². The van der Waals surface area contributed by atoms with E-state index in [0.29, 0.717) is 17.5 Å². The van der Waals surface area contributed by atoms with E-state index in [1.165, 1.54) is 6.42 Å². The fourth-order valence-electron chi connectivity index (χ4n) is 3.09. The lowest BCUT2D eigenvalue weighted by Crippen LogP contribution is -2.54. The maximum absolute atomic E-state index is 12.5. The molecular formula is C18H26ClIN4O. The summed E-state index contributed by atoms with van der Waals surface area (Å²) in [6.07, 6.45) is 1.63. The van der Waals surface area contributed by atoms with E-state index in [1.54, 1.807) is 0 Å². The Bertz CT molecular complexity index is 631. The van der Waals surface area contributed by atoms with Crippen LogP contribution in [0.15, 0.2) is 29.3 Å². The van der Waals surface area contributed by atoms with Gasteiger partial charge in [-0.3, -0.25) is 9.79 Å². The van der Waals surface area contributed by atoms with Gasteiger partial charge in [0.1, 0.15) is 0 Å². The number of carbonyl (C=O) groups excluding carboxylic acids is 1. The molecule has 2 atom stereocenters. The minimum absolute atomic E-state index is 0. The topological polar surface area (TPSA) is 47.9 Å². The van der Waals surface area contributed by atoms with Crippen molar-refractivity contribution in [3.8, 4) is 0 Å². The van der Waals surface area contributed by atoms with Gasteiger partial charge in [-0.05, 0) is 30.0 Å². The second-order valence-electron chi connectivity index (χ2n) is 6.69. The third kappa shape index (κ3) is 5.48. The van der Waals surface area contributed by atoms with Gasteiger partial charge in [0.2, 0.25) is 5.91 Å². The monoisotopic (exact) mass is 476 g/mol. The molecule has 25 heavy (non-hydrogen) atoms. The molecule has 2 unspecified atom stereocenters. The van der Waals surface area contributed by atoms with Gasteiger partial charge in [0, 0.05) is 44.3 Å². The number of nitrogens with one attached hydrogen (secondary N) is 1. The fourth-order valence-corrected chi connectivity index (χ4v) is 3.30. The first kappa shape index (κ1) is 20.3. The number of nitrogens with zero attached hydrogens (tertiary/aromatic N) is 3. The van der Waals surface area contributed by atoms with Crippen LogP contribution in [0, 0.1) is 5.92 Å². The molecule has 0 bridgehead atoms. The highest BCUT2D eigenvalue weighted by molar-refractivity contribution is 14.0. The Morgan fingerprint density at radius 3 is 2.48 bits per heavy atom. The Hall–Kier alpha value is -1.02. The van der Waals surface area contributed by atoms with Gasteiger partial charge in [0.05, 0.1) is 6.42 Å². The van der Waals surface area contributed by atoms with Crippen molar-refractivity contribution >= 4 is 47.4 Å². The average molecular weight is 477 g/mol. The Labute approximate surface area is 171 Å². The largest absolute Gasteiger partial charge is 0.353 e. The zero-order valence-corrected chi connectivity index (χ0v) is 17.8. The van der Waals surface area contributed by atoms with E-state index in [-0.39, 0.29) is 29.9 Å². The highest BCUT2D eigenvalue weighted by Crippen LogP contribution is 2.29. The van der Waals surface area contributed by atoms with E-state index in [0.717, 1.165) is 43.6 Å². The summed E-state index contributed by atoms with van der Waals surface area (Å²) in [5.74, 6) is 1.87. The lowest BCUT2D eigenvalue weighted by atomic mass is 10.1. The van der Waals surface area contributed by atoms with Crippen LogP contribution in [0.1, 0.15) is 18.9 Å². The van der Waals surface area contributed by atoms with Crippen molar-refractivity contribution in [3.05, 3.63) is 34.9 Å². The van der Waals surface area contributed by atoms with Gasteiger partial charge in [-0.1, -0.05) is 30.7 Å². The summed E-state index contributed by atoms with van der Waals surface area (Å²) in [5.41, 5.74) is 0.968. The van der Waals surface area contributed by atoms with Gasteiger partial charge in [-0.15, -0.1) is 24.0 Å². The highest BCUT2D eigenvalue weighted by Gasteiger charge is 2.34. The molecule has 3 rings (SSSR count). The molecule has 2 fully saturated rings. The third-order valence-corrected chi connectivity index (χ3v) is 5.05. The van der Waals surface area contributed by atoms with E-state index in [9.17, 15) is 4.79 Å². The van der Waals surface area contributed by atoms with Crippen LogP contribution in [-0.2, 0) is 11.2 Å². The molecule has 1 saturated carbocycles. The van der Waals surface area contributed by atoms with Crippen LogP contribution in [0.4, 0.5) is 0 Å². The lowest BCUT2D eigenvalue weighted by Gasteiger charge is -2.36. The number of hydrogen-bond donors (Lipinski definition) is 1. The molecule has 1 amide bonds. The first-order valence-corrected chi connectivity index (χ1v) is 8.95.